The first kappa shape index (κ1) is 13.2. The Balaban J connectivity index is 2.12. The summed E-state index contributed by atoms with van der Waals surface area (Å²) in [6, 6.07) is 9.83. The van der Waals surface area contributed by atoms with Crippen LogP contribution in [-0.2, 0) is 0 Å². The quantitative estimate of drug-likeness (QED) is 0.831. The number of rotatable bonds is 4. The maximum atomic E-state index is 12.0. The third-order valence-electron chi connectivity index (χ3n) is 3.43. The number of amides is 2. The molecular formula is C14H17N3O2. The fraction of sp³-hybridized carbons (Fsp3) is 0.429. The van der Waals surface area contributed by atoms with Gasteiger partial charge >= 0.3 is 6.03 Å². The van der Waals surface area contributed by atoms with Gasteiger partial charge in [0.05, 0.1) is 25.6 Å². The molecule has 0 bridgehead atoms. The van der Waals surface area contributed by atoms with Crippen molar-refractivity contribution in [3.8, 4) is 11.8 Å². The second-order valence-corrected chi connectivity index (χ2v) is 4.54. The number of carbonyl (C=O) groups is 1. The van der Waals surface area contributed by atoms with Gasteiger partial charge in [-0.2, -0.15) is 5.26 Å². The maximum absolute atomic E-state index is 12.0. The first-order chi connectivity index (χ1) is 9.17. The number of nitriles is 1. The number of ether oxygens (including phenoxy) is 1. The van der Waals surface area contributed by atoms with Crippen LogP contribution in [0.2, 0.25) is 0 Å². The Labute approximate surface area is 113 Å². The van der Waals surface area contributed by atoms with E-state index in [9.17, 15) is 4.79 Å². The van der Waals surface area contributed by atoms with Crippen LogP contribution in [0.25, 0.3) is 0 Å². The van der Waals surface area contributed by atoms with E-state index < -0.39 is 0 Å². The van der Waals surface area contributed by atoms with E-state index in [-0.39, 0.29) is 12.1 Å². The Hall–Kier alpha value is -2.22. The smallest absolute Gasteiger partial charge is 0.320 e. The van der Waals surface area contributed by atoms with Crippen LogP contribution in [0.1, 0.15) is 18.0 Å². The van der Waals surface area contributed by atoms with Gasteiger partial charge in [0, 0.05) is 20.1 Å². The standard InChI is InChI=1S/C14H17N3O2/c1-16-13(10-17(14(16)18)9-3-8-15)11-4-6-12(19-2)7-5-11/h4-7,13H,3,9-10H2,1-2H3. The minimum atomic E-state index is -0.0175. The third-order valence-corrected chi connectivity index (χ3v) is 3.43. The zero-order valence-corrected chi connectivity index (χ0v) is 11.2. The van der Waals surface area contributed by atoms with Gasteiger partial charge < -0.3 is 14.5 Å². The highest BCUT2D eigenvalue weighted by Gasteiger charge is 2.34. The molecule has 0 spiro atoms. The number of nitrogens with zero attached hydrogens (tertiary/aromatic N) is 3. The summed E-state index contributed by atoms with van der Waals surface area (Å²) in [5.41, 5.74) is 1.08. The second-order valence-electron chi connectivity index (χ2n) is 4.54. The predicted molar refractivity (Wildman–Crippen MR) is 70.7 cm³/mol. The summed E-state index contributed by atoms with van der Waals surface area (Å²) in [6.45, 7) is 1.12. The van der Waals surface area contributed by atoms with Crippen LogP contribution in [-0.4, -0.2) is 43.1 Å². The lowest BCUT2D eigenvalue weighted by Crippen LogP contribution is -2.30. The monoisotopic (exact) mass is 259 g/mol. The summed E-state index contributed by atoms with van der Waals surface area (Å²) in [5.74, 6) is 0.803. The molecule has 1 unspecified atom stereocenters. The largest absolute Gasteiger partial charge is 0.497 e. The van der Waals surface area contributed by atoms with E-state index in [1.54, 1.807) is 24.0 Å². The molecule has 5 nitrogen and oxygen atoms in total. The topological polar surface area (TPSA) is 56.6 Å². The molecule has 1 aliphatic rings. The summed E-state index contributed by atoms with van der Waals surface area (Å²) < 4.78 is 5.13. The molecule has 1 saturated heterocycles. The highest BCUT2D eigenvalue weighted by Crippen LogP contribution is 2.29. The number of urea groups is 1. The van der Waals surface area contributed by atoms with Crippen LogP contribution in [0.4, 0.5) is 4.79 Å². The molecule has 1 aromatic carbocycles. The average molecular weight is 259 g/mol. The van der Waals surface area contributed by atoms with Gasteiger partial charge in [0.1, 0.15) is 5.75 Å². The Bertz CT molecular complexity index is 492. The van der Waals surface area contributed by atoms with Crippen LogP contribution in [0.3, 0.4) is 0 Å². The third kappa shape index (κ3) is 2.63. The Kier molecular flexibility index (Phi) is 3.91. The van der Waals surface area contributed by atoms with Gasteiger partial charge in [0.25, 0.3) is 0 Å². The zero-order chi connectivity index (χ0) is 13.8. The molecule has 5 heteroatoms. The van der Waals surface area contributed by atoms with Crippen molar-refractivity contribution in [3.63, 3.8) is 0 Å². The van der Waals surface area contributed by atoms with Crippen LogP contribution in [0.15, 0.2) is 24.3 Å². The minimum absolute atomic E-state index is 0.0175. The van der Waals surface area contributed by atoms with E-state index in [2.05, 4.69) is 6.07 Å². The van der Waals surface area contributed by atoms with Crippen molar-refractivity contribution >= 4 is 6.03 Å². The van der Waals surface area contributed by atoms with Crippen molar-refractivity contribution in [2.24, 2.45) is 0 Å². The predicted octanol–water partition coefficient (Wildman–Crippen LogP) is 2.02. The second kappa shape index (κ2) is 5.61. The van der Waals surface area contributed by atoms with Gasteiger partial charge in [-0.25, -0.2) is 4.79 Å². The maximum Gasteiger partial charge on any atom is 0.320 e. The zero-order valence-electron chi connectivity index (χ0n) is 11.2. The molecule has 1 aliphatic heterocycles. The lowest BCUT2D eigenvalue weighted by atomic mass is 10.1. The van der Waals surface area contributed by atoms with Gasteiger partial charge in [-0.1, -0.05) is 12.1 Å². The molecule has 0 saturated carbocycles. The molecule has 0 aromatic heterocycles. The fourth-order valence-electron chi connectivity index (χ4n) is 2.29. The molecule has 1 heterocycles. The number of methoxy groups -OCH3 is 1. The molecular weight excluding hydrogens is 242 g/mol. The van der Waals surface area contributed by atoms with E-state index in [0.29, 0.717) is 19.5 Å². The number of likely N-dealkylation sites (N-methyl/N-ethyl adjacent to an activating group) is 1. The molecule has 0 N–H and O–H groups in total. The summed E-state index contributed by atoms with van der Waals surface area (Å²) >= 11 is 0. The van der Waals surface area contributed by atoms with Crippen molar-refractivity contribution in [3.05, 3.63) is 29.8 Å². The molecule has 2 amide bonds. The van der Waals surface area contributed by atoms with Crippen molar-refractivity contribution in [1.82, 2.24) is 9.80 Å². The Morgan fingerprint density at radius 2 is 2.11 bits per heavy atom. The number of carbonyl (C=O) groups excluding carboxylic acids is 1. The van der Waals surface area contributed by atoms with Gasteiger partial charge in [-0.3, -0.25) is 0 Å². The van der Waals surface area contributed by atoms with Crippen molar-refractivity contribution in [2.45, 2.75) is 12.5 Å². The van der Waals surface area contributed by atoms with Crippen LogP contribution < -0.4 is 4.74 Å². The molecule has 100 valence electrons. The number of hydrogen-bond donors (Lipinski definition) is 0. The molecule has 1 atom stereocenters. The van der Waals surface area contributed by atoms with Crippen LogP contribution in [0.5, 0.6) is 5.75 Å². The first-order valence-corrected chi connectivity index (χ1v) is 6.20. The lowest BCUT2D eigenvalue weighted by Gasteiger charge is -2.18. The molecule has 19 heavy (non-hydrogen) atoms. The Morgan fingerprint density at radius 1 is 1.42 bits per heavy atom. The van der Waals surface area contributed by atoms with Crippen LogP contribution >= 0.6 is 0 Å². The first-order valence-electron chi connectivity index (χ1n) is 6.20. The van der Waals surface area contributed by atoms with E-state index in [1.165, 1.54) is 0 Å². The van der Waals surface area contributed by atoms with Crippen molar-refractivity contribution in [2.75, 3.05) is 27.2 Å². The van der Waals surface area contributed by atoms with Crippen molar-refractivity contribution < 1.29 is 9.53 Å². The van der Waals surface area contributed by atoms with Gasteiger partial charge in [0.2, 0.25) is 0 Å². The van der Waals surface area contributed by atoms with Gasteiger partial charge in [0.15, 0.2) is 0 Å². The Morgan fingerprint density at radius 3 is 2.68 bits per heavy atom. The van der Waals surface area contributed by atoms with Crippen molar-refractivity contribution in [1.29, 1.82) is 5.26 Å². The van der Waals surface area contributed by atoms with E-state index in [4.69, 9.17) is 10.00 Å². The normalized spacial score (nSPS) is 18.6. The van der Waals surface area contributed by atoms with Crippen LogP contribution in [0, 0.1) is 11.3 Å². The molecule has 2 rings (SSSR count). The van der Waals surface area contributed by atoms with E-state index in [0.717, 1.165) is 11.3 Å². The van der Waals surface area contributed by atoms with Gasteiger partial charge in [-0.15, -0.1) is 0 Å². The summed E-state index contributed by atoms with van der Waals surface area (Å²) in [5, 5.41) is 8.60. The lowest BCUT2D eigenvalue weighted by molar-refractivity contribution is 0.196. The van der Waals surface area contributed by atoms with Gasteiger partial charge in [-0.05, 0) is 17.7 Å². The highest BCUT2D eigenvalue weighted by molar-refractivity contribution is 5.77. The molecule has 0 aliphatic carbocycles. The SMILES string of the molecule is COc1ccc(C2CN(CCC#N)C(=O)N2C)cc1. The summed E-state index contributed by atoms with van der Waals surface area (Å²) in [6.07, 6.45) is 0.370. The number of benzene rings is 1. The molecule has 1 aromatic rings. The number of hydrogen-bond acceptors (Lipinski definition) is 3. The average Bonchev–Trinajstić information content (AvgIpc) is 2.73. The molecule has 1 fully saturated rings. The summed E-state index contributed by atoms with van der Waals surface area (Å²) in [7, 11) is 3.42. The minimum Gasteiger partial charge on any atom is -0.497 e. The highest BCUT2D eigenvalue weighted by atomic mass is 16.5. The van der Waals surface area contributed by atoms with E-state index >= 15 is 0 Å². The fourth-order valence-corrected chi connectivity index (χ4v) is 2.29. The summed E-state index contributed by atoms with van der Waals surface area (Å²) in [4.78, 5) is 15.5. The molecule has 0 radical (unpaired) electrons. The van der Waals surface area contributed by atoms with E-state index in [1.807, 2.05) is 24.3 Å².